The highest BCUT2D eigenvalue weighted by molar-refractivity contribution is 6.00. The first-order valence-electron chi connectivity index (χ1n) is 10.6. The lowest BCUT2D eigenvalue weighted by Gasteiger charge is -2.27. The molecule has 0 radical (unpaired) electrons. The molecule has 37 heavy (non-hydrogen) atoms. The summed E-state index contributed by atoms with van der Waals surface area (Å²) < 4.78 is 15.0. The average molecular weight is 507 g/mol. The van der Waals surface area contributed by atoms with Crippen LogP contribution >= 0.6 is 0 Å². The van der Waals surface area contributed by atoms with Gasteiger partial charge in [-0.05, 0) is 23.8 Å². The number of ether oxygens (including phenoxy) is 3. The monoisotopic (exact) mass is 507 g/mol. The van der Waals surface area contributed by atoms with Crippen LogP contribution < -0.4 is 16.4 Å². The molecule has 0 bridgehead atoms. The second-order valence-corrected chi connectivity index (χ2v) is 7.52. The third kappa shape index (κ3) is 6.01. The summed E-state index contributed by atoms with van der Waals surface area (Å²) in [4.78, 5) is 47.5. The van der Waals surface area contributed by atoms with Crippen molar-refractivity contribution in [3.63, 3.8) is 0 Å². The summed E-state index contributed by atoms with van der Waals surface area (Å²) in [5.74, 6) is -3.09. The molecule has 1 aliphatic rings. The van der Waals surface area contributed by atoms with Gasteiger partial charge in [0.05, 0.1) is 30.6 Å². The molecule has 0 aliphatic carbocycles. The minimum absolute atomic E-state index is 0.104. The van der Waals surface area contributed by atoms with Crippen LogP contribution in [0, 0.1) is 21.4 Å². The molecule has 1 unspecified atom stereocenters. The van der Waals surface area contributed by atoms with Gasteiger partial charge in [0.1, 0.15) is 23.8 Å². The van der Waals surface area contributed by atoms with E-state index in [0.29, 0.717) is 5.56 Å². The van der Waals surface area contributed by atoms with Crippen molar-refractivity contribution >= 4 is 35.0 Å². The van der Waals surface area contributed by atoms with Gasteiger partial charge >= 0.3 is 18.0 Å². The summed E-state index contributed by atoms with van der Waals surface area (Å²) in [5, 5.41) is 25.8. The van der Waals surface area contributed by atoms with Crippen LogP contribution in [-0.2, 0) is 23.8 Å². The number of esters is 2. The first kappa shape index (κ1) is 26.2. The lowest BCUT2D eigenvalue weighted by atomic mass is 9.82. The molecule has 1 aliphatic heterocycles. The van der Waals surface area contributed by atoms with Gasteiger partial charge in [0, 0.05) is 23.5 Å². The van der Waals surface area contributed by atoms with E-state index in [-0.39, 0.29) is 39.9 Å². The molecule has 1 heterocycles. The minimum atomic E-state index is -1.08. The number of nitrogens with two attached hydrogens (primary N) is 1. The van der Waals surface area contributed by atoms with Crippen molar-refractivity contribution < 1.29 is 33.5 Å². The summed E-state index contributed by atoms with van der Waals surface area (Å²) in [7, 11) is 2.29. The number of urea groups is 1. The maximum atomic E-state index is 12.7. The number of rotatable bonds is 7. The van der Waals surface area contributed by atoms with E-state index in [4.69, 9.17) is 15.2 Å². The Morgan fingerprint density at radius 1 is 1.11 bits per heavy atom. The Morgan fingerprint density at radius 2 is 1.76 bits per heavy atom. The molecule has 1 atom stereocenters. The Morgan fingerprint density at radius 3 is 2.35 bits per heavy atom. The molecule has 2 aromatic rings. The number of nitro benzene ring substituents is 1. The highest BCUT2D eigenvalue weighted by atomic mass is 16.6. The smallest absolute Gasteiger partial charge is 0.338 e. The van der Waals surface area contributed by atoms with Crippen LogP contribution in [0.15, 0.2) is 71.3 Å². The van der Waals surface area contributed by atoms with Crippen LogP contribution in [0.3, 0.4) is 0 Å². The number of nitriles is 1. The SMILES string of the molecule is COC(=O)CC1=C(C(=O)OC)C(c2cccc(NC(=O)Nc3cccc([N+](=O)[O-])c3)c2)C(C#N)=C(N)O1. The van der Waals surface area contributed by atoms with Gasteiger partial charge in [-0.25, -0.2) is 9.59 Å². The van der Waals surface area contributed by atoms with E-state index in [1.807, 2.05) is 6.07 Å². The van der Waals surface area contributed by atoms with Gasteiger partial charge in [0.2, 0.25) is 5.88 Å². The molecule has 190 valence electrons. The first-order valence-corrected chi connectivity index (χ1v) is 10.6. The topological polar surface area (TPSA) is 196 Å². The second-order valence-electron chi connectivity index (χ2n) is 7.52. The van der Waals surface area contributed by atoms with Gasteiger partial charge < -0.3 is 30.6 Å². The van der Waals surface area contributed by atoms with E-state index < -0.39 is 35.2 Å². The molecule has 13 nitrogen and oxygen atoms in total. The van der Waals surface area contributed by atoms with Crippen molar-refractivity contribution in [2.45, 2.75) is 12.3 Å². The largest absolute Gasteiger partial charge is 0.469 e. The van der Waals surface area contributed by atoms with Gasteiger partial charge in [0.15, 0.2) is 0 Å². The highest BCUT2D eigenvalue weighted by Crippen LogP contribution is 2.41. The molecular weight excluding hydrogens is 486 g/mol. The predicted molar refractivity (Wildman–Crippen MR) is 129 cm³/mol. The summed E-state index contributed by atoms with van der Waals surface area (Å²) >= 11 is 0. The van der Waals surface area contributed by atoms with E-state index in [1.54, 1.807) is 18.2 Å². The van der Waals surface area contributed by atoms with Gasteiger partial charge in [-0.1, -0.05) is 18.2 Å². The number of carbonyl (C=O) groups is 3. The molecule has 13 heteroatoms. The third-order valence-corrected chi connectivity index (χ3v) is 5.23. The number of methoxy groups -OCH3 is 2. The average Bonchev–Trinajstić information content (AvgIpc) is 2.88. The van der Waals surface area contributed by atoms with Gasteiger partial charge in [-0.3, -0.25) is 14.9 Å². The maximum Gasteiger partial charge on any atom is 0.338 e. The summed E-state index contributed by atoms with van der Waals surface area (Å²) in [6.45, 7) is 0. The fraction of sp³-hybridized carbons (Fsp3) is 0.167. The zero-order valence-corrected chi connectivity index (χ0v) is 19.6. The number of carbonyl (C=O) groups excluding carboxylic acids is 3. The zero-order valence-electron chi connectivity index (χ0n) is 19.6. The number of anilines is 2. The van der Waals surface area contributed by atoms with Crippen LogP contribution in [-0.4, -0.2) is 37.1 Å². The molecule has 2 amide bonds. The number of nitrogens with one attached hydrogen (secondary N) is 2. The van der Waals surface area contributed by atoms with E-state index in [9.17, 15) is 29.8 Å². The molecule has 2 aromatic carbocycles. The van der Waals surface area contributed by atoms with Crippen LogP contribution in [0.5, 0.6) is 0 Å². The Labute approximate surface area is 210 Å². The molecule has 0 saturated carbocycles. The Bertz CT molecular complexity index is 1380. The van der Waals surface area contributed by atoms with Crippen molar-refractivity contribution in [3.8, 4) is 6.07 Å². The summed E-state index contributed by atoms with van der Waals surface area (Å²) in [6, 6.07) is 12.8. The number of nitrogens with zero attached hydrogens (tertiary/aromatic N) is 2. The molecule has 0 aromatic heterocycles. The summed E-state index contributed by atoms with van der Waals surface area (Å²) in [5.41, 5.74) is 6.32. The van der Waals surface area contributed by atoms with Crippen LogP contribution in [0.4, 0.5) is 21.9 Å². The number of hydrogen-bond acceptors (Lipinski definition) is 10. The van der Waals surface area contributed by atoms with Crippen LogP contribution in [0.1, 0.15) is 17.9 Å². The first-order chi connectivity index (χ1) is 17.7. The lowest BCUT2D eigenvalue weighted by Crippen LogP contribution is -2.27. The second kappa shape index (κ2) is 11.4. The van der Waals surface area contributed by atoms with Crippen LogP contribution in [0.25, 0.3) is 0 Å². The third-order valence-electron chi connectivity index (χ3n) is 5.23. The van der Waals surface area contributed by atoms with Crippen molar-refractivity contribution in [3.05, 3.63) is 87.0 Å². The lowest BCUT2D eigenvalue weighted by molar-refractivity contribution is -0.384. The van der Waals surface area contributed by atoms with Crippen molar-refractivity contribution in [1.82, 2.24) is 0 Å². The number of non-ortho nitro benzene ring substituents is 1. The van der Waals surface area contributed by atoms with E-state index in [2.05, 4.69) is 15.4 Å². The zero-order chi connectivity index (χ0) is 27.1. The minimum Gasteiger partial charge on any atom is -0.469 e. The van der Waals surface area contributed by atoms with Crippen molar-refractivity contribution in [2.75, 3.05) is 24.9 Å². The van der Waals surface area contributed by atoms with E-state index in [1.165, 1.54) is 30.3 Å². The quantitative estimate of drug-likeness (QED) is 0.284. The molecule has 4 N–H and O–H groups in total. The van der Waals surface area contributed by atoms with Gasteiger partial charge in [-0.2, -0.15) is 5.26 Å². The molecule has 0 spiro atoms. The fourth-order valence-corrected chi connectivity index (χ4v) is 3.61. The number of benzene rings is 2. The Balaban J connectivity index is 1.96. The van der Waals surface area contributed by atoms with E-state index >= 15 is 0 Å². The van der Waals surface area contributed by atoms with Gasteiger partial charge in [-0.15, -0.1) is 0 Å². The predicted octanol–water partition coefficient (Wildman–Crippen LogP) is 3.04. The van der Waals surface area contributed by atoms with Gasteiger partial charge in [0.25, 0.3) is 5.69 Å². The van der Waals surface area contributed by atoms with Crippen molar-refractivity contribution in [2.24, 2.45) is 5.73 Å². The van der Waals surface area contributed by atoms with E-state index in [0.717, 1.165) is 14.2 Å². The fourth-order valence-electron chi connectivity index (χ4n) is 3.61. The Kier molecular flexibility index (Phi) is 8.06. The Hall–Kier alpha value is -5.38. The maximum absolute atomic E-state index is 12.7. The molecular formula is C24H21N5O8. The number of amides is 2. The number of allylic oxidation sites excluding steroid dienone is 1. The molecule has 0 fully saturated rings. The number of nitro groups is 1. The number of hydrogen-bond donors (Lipinski definition) is 3. The van der Waals surface area contributed by atoms with Crippen LogP contribution in [0.2, 0.25) is 0 Å². The highest BCUT2D eigenvalue weighted by Gasteiger charge is 2.38. The summed E-state index contributed by atoms with van der Waals surface area (Å²) in [6.07, 6.45) is -0.444. The molecule has 0 saturated heterocycles. The standard InChI is InChI=1S/C24H21N5O8/c1-35-19(30)11-18-21(23(31)36-2)20(17(12-25)22(26)37-18)13-5-3-6-14(9-13)27-24(32)28-15-7-4-8-16(10-15)29(33)34/h3-10,20H,11,26H2,1-2H3,(H2,27,28,32). The normalized spacial score (nSPS) is 14.7. The van der Waals surface area contributed by atoms with Crippen molar-refractivity contribution in [1.29, 1.82) is 5.26 Å². The molecule has 3 rings (SSSR count).